The van der Waals surface area contributed by atoms with Crippen LogP contribution in [0.4, 0.5) is 13.2 Å². The number of likely N-dealkylation sites (N-methyl/N-ethyl adjacent to an activating group) is 1. The first-order valence-corrected chi connectivity index (χ1v) is 10.4. The minimum atomic E-state index is -4.47. The van der Waals surface area contributed by atoms with Gasteiger partial charge in [-0.3, -0.25) is 14.3 Å². The molecule has 1 aliphatic rings. The summed E-state index contributed by atoms with van der Waals surface area (Å²) in [4.78, 5) is 31.5. The quantitative estimate of drug-likeness (QED) is 0.500. The maximum Gasteiger partial charge on any atom is 0.435 e. The van der Waals surface area contributed by atoms with E-state index in [0.29, 0.717) is 44.0 Å². The number of carbonyl (C=O) groups is 2. The summed E-state index contributed by atoms with van der Waals surface area (Å²) in [7, 11) is 0. The summed E-state index contributed by atoms with van der Waals surface area (Å²) in [6, 6.07) is 7.87. The molecule has 2 amide bonds. The van der Waals surface area contributed by atoms with Gasteiger partial charge in [0.15, 0.2) is 11.5 Å². The molecule has 0 N–H and O–H groups in total. The number of hydrogen-bond acceptors (Lipinski definition) is 6. The van der Waals surface area contributed by atoms with E-state index in [4.69, 9.17) is 4.52 Å². The van der Waals surface area contributed by atoms with E-state index in [1.165, 1.54) is 20.7 Å². The molecule has 3 heterocycles. The first-order chi connectivity index (χ1) is 15.7. The van der Waals surface area contributed by atoms with Gasteiger partial charge in [0.1, 0.15) is 0 Å². The second kappa shape index (κ2) is 9.04. The van der Waals surface area contributed by atoms with E-state index in [9.17, 15) is 22.8 Å². The standard InChI is InChI=1S/C21H21F3N6O3/c1-2-28-11-12-29(20(32)19(28)31)9-8-17-25-18(33-27-17)15-5-3-14(4-6-15)13-30-10-7-16(26-30)21(22,23)24/h3-7,10H,2,8-9,11-13H2,1H3. The molecule has 1 fully saturated rings. The highest BCUT2D eigenvalue weighted by Crippen LogP contribution is 2.27. The van der Waals surface area contributed by atoms with E-state index in [1.54, 1.807) is 24.3 Å². The van der Waals surface area contributed by atoms with Gasteiger partial charge in [-0.1, -0.05) is 17.3 Å². The van der Waals surface area contributed by atoms with Crippen molar-refractivity contribution in [2.45, 2.75) is 26.1 Å². The maximum atomic E-state index is 12.7. The second-order valence-corrected chi connectivity index (χ2v) is 7.54. The topological polar surface area (TPSA) is 97.4 Å². The van der Waals surface area contributed by atoms with Crippen LogP contribution in [0.3, 0.4) is 0 Å². The number of nitrogens with zero attached hydrogens (tertiary/aromatic N) is 6. The van der Waals surface area contributed by atoms with Crippen molar-refractivity contribution in [2.24, 2.45) is 0 Å². The Hall–Kier alpha value is -3.70. The zero-order valence-electron chi connectivity index (χ0n) is 17.7. The Bertz CT molecular complexity index is 1140. The van der Waals surface area contributed by atoms with Crippen molar-refractivity contribution >= 4 is 11.8 Å². The first-order valence-electron chi connectivity index (χ1n) is 10.4. The second-order valence-electron chi connectivity index (χ2n) is 7.54. The molecule has 4 rings (SSSR count). The highest BCUT2D eigenvalue weighted by Gasteiger charge is 2.33. The van der Waals surface area contributed by atoms with Crippen molar-refractivity contribution < 1.29 is 27.3 Å². The largest absolute Gasteiger partial charge is 0.435 e. The van der Waals surface area contributed by atoms with Gasteiger partial charge in [0.05, 0.1) is 6.54 Å². The van der Waals surface area contributed by atoms with Gasteiger partial charge in [0.2, 0.25) is 0 Å². The van der Waals surface area contributed by atoms with E-state index in [1.807, 2.05) is 6.92 Å². The van der Waals surface area contributed by atoms with Crippen LogP contribution < -0.4 is 0 Å². The molecule has 0 aliphatic carbocycles. The van der Waals surface area contributed by atoms with Crippen molar-refractivity contribution in [3.05, 3.63) is 53.6 Å². The van der Waals surface area contributed by atoms with Crippen molar-refractivity contribution in [2.75, 3.05) is 26.2 Å². The van der Waals surface area contributed by atoms with Crippen molar-refractivity contribution in [1.29, 1.82) is 0 Å². The van der Waals surface area contributed by atoms with Crippen LogP contribution in [-0.4, -0.2) is 67.7 Å². The Kier molecular flexibility index (Phi) is 6.16. The summed E-state index contributed by atoms with van der Waals surface area (Å²) < 4.78 is 44.5. The molecule has 9 nitrogen and oxygen atoms in total. The molecule has 0 unspecified atom stereocenters. The molecular weight excluding hydrogens is 441 g/mol. The molecule has 2 aromatic heterocycles. The van der Waals surface area contributed by atoms with Gasteiger partial charge in [-0.25, -0.2) is 0 Å². The van der Waals surface area contributed by atoms with Crippen LogP contribution >= 0.6 is 0 Å². The average Bonchev–Trinajstić information content (AvgIpc) is 3.45. The van der Waals surface area contributed by atoms with Crippen LogP contribution in [0, 0.1) is 0 Å². The van der Waals surface area contributed by atoms with Gasteiger partial charge in [0, 0.05) is 44.4 Å². The zero-order chi connectivity index (χ0) is 23.6. The van der Waals surface area contributed by atoms with Gasteiger partial charge in [0.25, 0.3) is 5.89 Å². The Morgan fingerprint density at radius 2 is 1.73 bits per heavy atom. The average molecular weight is 462 g/mol. The number of hydrogen-bond donors (Lipinski definition) is 0. The number of halogens is 3. The molecule has 0 spiro atoms. The molecule has 0 atom stereocenters. The molecule has 0 saturated carbocycles. The lowest BCUT2D eigenvalue weighted by atomic mass is 10.1. The number of amides is 2. The van der Waals surface area contributed by atoms with Crippen LogP contribution in [0.15, 0.2) is 41.1 Å². The Labute approximate surface area is 186 Å². The number of alkyl halides is 3. The molecule has 174 valence electrons. The van der Waals surface area contributed by atoms with Crippen LogP contribution in [0.5, 0.6) is 0 Å². The normalized spacial score (nSPS) is 14.9. The third-order valence-corrected chi connectivity index (χ3v) is 5.33. The fraction of sp³-hybridized carbons (Fsp3) is 0.381. The molecule has 1 aromatic carbocycles. The smallest absolute Gasteiger partial charge is 0.334 e. The molecule has 0 bridgehead atoms. The molecular formula is C21H21F3N6O3. The summed E-state index contributed by atoms with van der Waals surface area (Å²) in [5, 5.41) is 7.47. The lowest BCUT2D eigenvalue weighted by Gasteiger charge is -2.32. The highest BCUT2D eigenvalue weighted by atomic mass is 19.4. The fourth-order valence-electron chi connectivity index (χ4n) is 3.48. The monoisotopic (exact) mass is 462 g/mol. The highest BCUT2D eigenvalue weighted by molar-refractivity contribution is 6.35. The predicted octanol–water partition coefficient (Wildman–Crippen LogP) is 2.23. The SMILES string of the molecule is CCN1CCN(CCc2noc(-c3ccc(Cn4ccc(C(F)(F)F)n4)cc3)n2)C(=O)C1=O. The number of aromatic nitrogens is 4. The van der Waals surface area contributed by atoms with Crippen LogP contribution in [0.1, 0.15) is 24.0 Å². The molecule has 1 saturated heterocycles. The number of rotatable bonds is 7. The van der Waals surface area contributed by atoms with Gasteiger partial charge in [-0.05, 0) is 30.7 Å². The lowest BCUT2D eigenvalue weighted by Crippen LogP contribution is -2.54. The molecule has 1 aliphatic heterocycles. The number of carbonyl (C=O) groups excluding carboxylic acids is 2. The van der Waals surface area contributed by atoms with Crippen molar-refractivity contribution in [3.8, 4) is 11.5 Å². The van der Waals surface area contributed by atoms with Crippen molar-refractivity contribution in [3.63, 3.8) is 0 Å². The summed E-state index contributed by atoms with van der Waals surface area (Å²) in [6.45, 7) is 3.79. The van der Waals surface area contributed by atoms with Gasteiger partial charge in [-0.15, -0.1) is 0 Å². The van der Waals surface area contributed by atoms with Crippen LogP contribution in [0.25, 0.3) is 11.5 Å². The van der Waals surface area contributed by atoms with Crippen LogP contribution in [0.2, 0.25) is 0 Å². The van der Waals surface area contributed by atoms with E-state index in [2.05, 4.69) is 15.2 Å². The van der Waals surface area contributed by atoms with E-state index >= 15 is 0 Å². The summed E-state index contributed by atoms with van der Waals surface area (Å²) >= 11 is 0. The van der Waals surface area contributed by atoms with E-state index in [0.717, 1.165) is 11.6 Å². The summed E-state index contributed by atoms with van der Waals surface area (Å²) in [5.41, 5.74) is 0.470. The fourth-order valence-corrected chi connectivity index (χ4v) is 3.48. The van der Waals surface area contributed by atoms with Crippen molar-refractivity contribution in [1.82, 2.24) is 29.7 Å². The molecule has 12 heteroatoms. The molecule has 33 heavy (non-hydrogen) atoms. The Morgan fingerprint density at radius 3 is 2.39 bits per heavy atom. The van der Waals surface area contributed by atoms with Gasteiger partial charge >= 0.3 is 18.0 Å². The lowest BCUT2D eigenvalue weighted by molar-refractivity contribution is -0.155. The van der Waals surface area contributed by atoms with Gasteiger partial charge in [-0.2, -0.15) is 23.3 Å². The number of piperazine rings is 1. The van der Waals surface area contributed by atoms with Gasteiger partial charge < -0.3 is 14.3 Å². The van der Waals surface area contributed by atoms with E-state index in [-0.39, 0.29) is 12.4 Å². The third kappa shape index (κ3) is 5.04. The number of benzene rings is 1. The minimum Gasteiger partial charge on any atom is -0.334 e. The molecule has 0 radical (unpaired) electrons. The third-order valence-electron chi connectivity index (χ3n) is 5.33. The Balaban J connectivity index is 1.34. The van der Waals surface area contributed by atoms with E-state index < -0.39 is 23.7 Å². The predicted molar refractivity (Wildman–Crippen MR) is 109 cm³/mol. The summed E-state index contributed by atoms with van der Waals surface area (Å²) in [5.74, 6) is -0.332. The minimum absolute atomic E-state index is 0.184. The maximum absolute atomic E-state index is 12.7. The van der Waals surface area contributed by atoms with Crippen LogP contribution in [-0.2, 0) is 28.7 Å². The first kappa shape index (κ1) is 22.5. The zero-order valence-corrected chi connectivity index (χ0v) is 17.7. The molecule has 3 aromatic rings. The Morgan fingerprint density at radius 1 is 1.03 bits per heavy atom. The summed E-state index contributed by atoms with van der Waals surface area (Å²) in [6.07, 6.45) is -2.85.